The Kier molecular flexibility index (Phi) is 7.21. The van der Waals surface area contributed by atoms with E-state index in [0.717, 1.165) is 28.2 Å². The second-order valence-electron chi connectivity index (χ2n) is 7.98. The molecular formula is C21H22F5N7OS. The highest BCUT2D eigenvalue weighted by atomic mass is 32.1. The van der Waals surface area contributed by atoms with Crippen LogP contribution in [0.1, 0.15) is 23.3 Å². The number of nitrogens with zero attached hydrogens (tertiary/aromatic N) is 4. The van der Waals surface area contributed by atoms with Crippen LogP contribution in [0.3, 0.4) is 0 Å². The van der Waals surface area contributed by atoms with E-state index in [4.69, 9.17) is 11.5 Å². The summed E-state index contributed by atoms with van der Waals surface area (Å²) in [6.45, 7) is -0.320. The Morgan fingerprint density at radius 3 is 2.60 bits per heavy atom. The molecule has 35 heavy (non-hydrogen) atoms. The first-order valence-corrected chi connectivity index (χ1v) is 11.5. The van der Waals surface area contributed by atoms with Crippen LogP contribution < -0.4 is 21.7 Å². The summed E-state index contributed by atoms with van der Waals surface area (Å²) < 4.78 is 69.7. The van der Waals surface area contributed by atoms with Gasteiger partial charge in [0.05, 0.1) is 11.8 Å². The molecule has 0 aliphatic carbocycles. The lowest BCUT2D eigenvalue weighted by molar-refractivity contribution is 0.102. The molecule has 5 N–H and O–H groups in total. The number of hydrogen-bond donors (Lipinski definition) is 3. The fourth-order valence-corrected chi connectivity index (χ4v) is 4.73. The van der Waals surface area contributed by atoms with Gasteiger partial charge in [0.25, 0.3) is 12.3 Å². The van der Waals surface area contributed by atoms with E-state index in [2.05, 4.69) is 15.4 Å². The zero-order valence-electron chi connectivity index (χ0n) is 18.2. The molecular weight excluding hydrogens is 493 g/mol. The molecule has 3 aromatic rings. The van der Waals surface area contributed by atoms with E-state index < -0.39 is 48.3 Å². The second kappa shape index (κ2) is 10.2. The molecule has 0 spiro atoms. The van der Waals surface area contributed by atoms with Crippen LogP contribution in [-0.4, -0.2) is 52.4 Å². The number of aromatic nitrogens is 3. The summed E-state index contributed by atoms with van der Waals surface area (Å²) in [5, 5.41) is 6.26. The molecule has 2 atom stereocenters. The quantitative estimate of drug-likeness (QED) is 0.432. The van der Waals surface area contributed by atoms with Crippen molar-refractivity contribution in [2.75, 3.05) is 29.0 Å². The highest BCUT2D eigenvalue weighted by Crippen LogP contribution is 2.35. The summed E-state index contributed by atoms with van der Waals surface area (Å²) in [4.78, 5) is 18.6. The standard InChI is InChI=1S/C21H22F5N7OS/c22-10-4-6-32(7-5-13(10)27)21-14(8-29-33(21)9-15(25)26)30-19(34)17-18(28)35-20(31-17)16-11(23)2-1-3-12(16)24/h1-3,8,10,13,15H,4-7,9,27-28H2,(H,30,34)/t10-,13-/m0/s1. The highest BCUT2D eigenvalue weighted by molar-refractivity contribution is 7.19. The van der Waals surface area contributed by atoms with E-state index in [-0.39, 0.29) is 53.1 Å². The fourth-order valence-electron chi connectivity index (χ4n) is 3.85. The number of thiazole rings is 1. The van der Waals surface area contributed by atoms with Crippen LogP contribution in [0.5, 0.6) is 0 Å². The largest absolute Gasteiger partial charge is 0.389 e. The van der Waals surface area contributed by atoms with Crippen LogP contribution >= 0.6 is 11.3 Å². The summed E-state index contributed by atoms with van der Waals surface area (Å²) >= 11 is 0.724. The van der Waals surface area contributed by atoms with Crippen molar-refractivity contribution >= 4 is 33.8 Å². The van der Waals surface area contributed by atoms with Gasteiger partial charge in [-0.05, 0) is 25.0 Å². The van der Waals surface area contributed by atoms with Crippen molar-refractivity contribution < 1.29 is 26.7 Å². The van der Waals surface area contributed by atoms with Gasteiger partial charge in [-0.1, -0.05) is 17.4 Å². The summed E-state index contributed by atoms with van der Waals surface area (Å²) in [7, 11) is 0. The molecule has 1 amide bonds. The van der Waals surface area contributed by atoms with Crippen LogP contribution in [0, 0.1) is 11.6 Å². The molecule has 1 fully saturated rings. The Morgan fingerprint density at radius 2 is 1.91 bits per heavy atom. The number of halogens is 5. The number of carbonyl (C=O) groups is 1. The van der Waals surface area contributed by atoms with Crippen molar-refractivity contribution in [3.63, 3.8) is 0 Å². The van der Waals surface area contributed by atoms with E-state index in [1.54, 1.807) is 4.90 Å². The molecule has 8 nitrogen and oxygen atoms in total. The van der Waals surface area contributed by atoms with Gasteiger partial charge in [-0.15, -0.1) is 0 Å². The Labute approximate surface area is 200 Å². The molecule has 0 saturated carbocycles. The lowest BCUT2D eigenvalue weighted by atomic mass is 10.1. The molecule has 4 rings (SSSR count). The number of nitrogen functional groups attached to an aromatic ring is 1. The van der Waals surface area contributed by atoms with Gasteiger partial charge in [0, 0.05) is 19.1 Å². The lowest BCUT2D eigenvalue weighted by Crippen LogP contribution is -2.31. The third-order valence-corrected chi connectivity index (χ3v) is 6.49. The molecule has 1 saturated heterocycles. The molecule has 1 aliphatic heterocycles. The molecule has 1 aliphatic rings. The van der Waals surface area contributed by atoms with Crippen molar-refractivity contribution in [2.45, 2.75) is 38.0 Å². The Hall–Kier alpha value is -3.26. The van der Waals surface area contributed by atoms with Crippen LogP contribution in [-0.2, 0) is 6.54 Å². The zero-order valence-corrected chi connectivity index (χ0v) is 19.0. The third-order valence-electron chi connectivity index (χ3n) is 5.59. The van der Waals surface area contributed by atoms with E-state index in [1.807, 2.05) is 0 Å². The molecule has 188 valence electrons. The minimum absolute atomic E-state index is 0.0744. The Bertz CT molecular complexity index is 1180. The topological polar surface area (TPSA) is 115 Å². The summed E-state index contributed by atoms with van der Waals surface area (Å²) in [6.07, 6.45) is -2.45. The maximum Gasteiger partial charge on any atom is 0.277 e. The minimum Gasteiger partial charge on any atom is -0.389 e. The average Bonchev–Trinajstić information content (AvgIpc) is 3.31. The monoisotopic (exact) mass is 515 g/mol. The van der Waals surface area contributed by atoms with Crippen LogP contribution in [0.25, 0.3) is 10.6 Å². The fraction of sp³-hybridized carbons (Fsp3) is 0.381. The second-order valence-corrected chi connectivity index (χ2v) is 9.01. The van der Waals surface area contributed by atoms with Crippen LogP contribution in [0.2, 0.25) is 0 Å². The van der Waals surface area contributed by atoms with E-state index >= 15 is 0 Å². The predicted octanol–water partition coefficient (Wildman–Crippen LogP) is 3.65. The highest BCUT2D eigenvalue weighted by Gasteiger charge is 2.29. The van der Waals surface area contributed by atoms with Crippen LogP contribution in [0.15, 0.2) is 24.4 Å². The molecule has 0 radical (unpaired) electrons. The number of hydrogen-bond acceptors (Lipinski definition) is 7. The number of nitrogens with two attached hydrogens (primary N) is 2. The SMILES string of the molecule is Nc1sc(-c2c(F)cccc2F)nc1C(=O)Nc1cnn(CC(F)F)c1N1CC[C@H](N)[C@@H](F)CC1. The number of alkyl halides is 3. The molecule has 0 unspecified atom stereocenters. The zero-order chi connectivity index (χ0) is 25.3. The number of nitrogens with one attached hydrogen (secondary N) is 1. The predicted molar refractivity (Wildman–Crippen MR) is 122 cm³/mol. The van der Waals surface area contributed by atoms with E-state index in [0.29, 0.717) is 0 Å². The van der Waals surface area contributed by atoms with Gasteiger partial charge >= 0.3 is 0 Å². The summed E-state index contributed by atoms with van der Waals surface area (Å²) in [5.41, 5.74) is 11.1. The smallest absolute Gasteiger partial charge is 0.277 e. The normalized spacial score (nSPS) is 18.7. The number of carbonyl (C=O) groups excluding carboxylic acids is 1. The van der Waals surface area contributed by atoms with E-state index in [9.17, 15) is 26.7 Å². The molecule has 14 heteroatoms. The van der Waals surface area contributed by atoms with Crippen molar-refractivity contribution in [3.8, 4) is 10.6 Å². The third kappa shape index (κ3) is 5.22. The van der Waals surface area contributed by atoms with Gasteiger partial charge < -0.3 is 21.7 Å². The van der Waals surface area contributed by atoms with Gasteiger partial charge in [0.2, 0.25) is 0 Å². The number of rotatable bonds is 6. The maximum absolute atomic E-state index is 14.2. The summed E-state index contributed by atoms with van der Waals surface area (Å²) in [5.74, 6) is -2.40. The van der Waals surface area contributed by atoms with Crippen molar-refractivity contribution in [1.29, 1.82) is 0 Å². The Balaban J connectivity index is 1.64. The van der Waals surface area contributed by atoms with Gasteiger partial charge in [-0.25, -0.2) is 31.6 Å². The first-order chi connectivity index (χ1) is 16.7. The molecule has 1 aromatic carbocycles. The van der Waals surface area contributed by atoms with Crippen LogP contribution in [0.4, 0.5) is 38.5 Å². The van der Waals surface area contributed by atoms with Gasteiger partial charge in [0.1, 0.15) is 40.0 Å². The average molecular weight is 516 g/mol. The van der Waals surface area contributed by atoms with Crippen molar-refractivity contribution in [2.24, 2.45) is 5.73 Å². The number of anilines is 3. The maximum atomic E-state index is 14.2. The van der Waals surface area contributed by atoms with Gasteiger partial charge in [-0.2, -0.15) is 5.10 Å². The van der Waals surface area contributed by atoms with Gasteiger partial charge in [0.15, 0.2) is 11.5 Å². The first kappa shape index (κ1) is 24.9. The van der Waals surface area contributed by atoms with Crippen molar-refractivity contribution in [1.82, 2.24) is 14.8 Å². The number of benzene rings is 1. The molecule has 2 aromatic heterocycles. The van der Waals surface area contributed by atoms with E-state index in [1.165, 1.54) is 12.3 Å². The number of amides is 1. The minimum atomic E-state index is -2.73. The first-order valence-electron chi connectivity index (χ1n) is 10.7. The summed E-state index contributed by atoms with van der Waals surface area (Å²) in [6, 6.07) is 2.60. The van der Waals surface area contributed by atoms with Gasteiger partial charge in [-0.3, -0.25) is 4.79 Å². The lowest BCUT2D eigenvalue weighted by Gasteiger charge is -2.25. The molecule has 0 bridgehead atoms. The Morgan fingerprint density at radius 1 is 1.23 bits per heavy atom. The molecule has 3 heterocycles. The van der Waals surface area contributed by atoms with Crippen molar-refractivity contribution in [3.05, 3.63) is 41.7 Å².